The Hall–Kier alpha value is -2.17. The number of Topliss-reactive ketones (excluding diaryl/α,β-unsaturated/α-hetero) is 1. The number of rotatable bonds is 0. The molecular weight excluding hydrogens is 208 g/mol. The van der Waals surface area contributed by atoms with Gasteiger partial charge in [-0.25, -0.2) is 0 Å². The molecule has 0 bridgehead atoms. The van der Waals surface area contributed by atoms with E-state index in [0.717, 1.165) is 0 Å². The maximum absolute atomic E-state index is 12.0. The molecule has 2 unspecified atom stereocenters. The Bertz CT molecular complexity index is 524. The van der Waals surface area contributed by atoms with Crippen LogP contribution in [0.4, 0.5) is 5.69 Å². The molecule has 0 saturated carbocycles. The lowest BCUT2D eigenvalue weighted by atomic mass is 9.87. The van der Waals surface area contributed by atoms with Gasteiger partial charge >= 0.3 is 0 Å². The van der Waals surface area contributed by atoms with Crippen LogP contribution in [0.15, 0.2) is 24.3 Å². The number of hydrogen-bond donors (Lipinski definition) is 2. The summed E-state index contributed by atoms with van der Waals surface area (Å²) in [6.45, 7) is 0. The van der Waals surface area contributed by atoms with E-state index in [2.05, 4.69) is 10.6 Å². The van der Waals surface area contributed by atoms with Crippen LogP contribution in [0.25, 0.3) is 0 Å². The molecule has 5 nitrogen and oxygen atoms in total. The second-order valence-corrected chi connectivity index (χ2v) is 3.86. The normalized spacial score (nSPS) is 26.9. The number of benzene rings is 1. The fourth-order valence-electron chi connectivity index (χ4n) is 2.16. The van der Waals surface area contributed by atoms with Crippen molar-refractivity contribution in [3.05, 3.63) is 29.8 Å². The summed E-state index contributed by atoms with van der Waals surface area (Å²) in [6.07, 6.45) is 0. The Morgan fingerprint density at radius 2 is 1.75 bits per heavy atom. The smallest absolute Gasteiger partial charge is 0.250 e. The molecule has 2 aliphatic heterocycles. The Morgan fingerprint density at radius 3 is 2.56 bits per heavy atom. The lowest BCUT2D eigenvalue weighted by molar-refractivity contribution is -0.125. The van der Waals surface area contributed by atoms with Gasteiger partial charge in [0.15, 0.2) is 5.78 Å². The second-order valence-electron chi connectivity index (χ2n) is 3.86. The largest absolute Gasteiger partial charge is 0.372 e. The van der Waals surface area contributed by atoms with E-state index in [9.17, 15) is 14.4 Å². The van der Waals surface area contributed by atoms with Gasteiger partial charge in [0.25, 0.3) is 0 Å². The van der Waals surface area contributed by atoms with Crippen molar-refractivity contribution in [1.29, 1.82) is 0 Å². The second kappa shape index (κ2) is 2.91. The number of anilines is 1. The number of imide groups is 1. The minimum atomic E-state index is -0.914. The predicted octanol–water partition coefficient (Wildman–Crippen LogP) is -0.0640. The predicted molar refractivity (Wildman–Crippen MR) is 54.8 cm³/mol. The van der Waals surface area contributed by atoms with E-state index >= 15 is 0 Å². The van der Waals surface area contributed by atoms with Crippen LogP contribution in [0, 0.1) is 5.92 Å². The van der Waals surface area contributed by atoms with Crippen molar-refractivity contribution in [2.45, 2.75) is 6.04 Å². The van der Waals surface area contributed by atoms with E-state index in [0.29, 0.717) is 11.3 Å². The van der Waals surface area contributed by atoms with Gasteiger partial charge in [0.2, 0.25) is 11.8 Å². The van der Waals surface area contributed by atoms with Crippen LogP contribution in [0.5, 0.6) is 0 Å². The third-order valence-electron chi connectivity index (χ3n) is 2.93. The van der Waals surface area contributed by atoms with Crippen LogP contribution >= 0.6 is 0 Å². The summed E-state index contributed by atoms with van der Waals surface area (Å²) < 4.78 is 0. The van der Waals surface area contributed by atoms with Gasteiger partial charge < -0.3 is 5.32 Å². The quantitative estimate of drug-likeness (QED) is 0.470. The monoisotopic (exact) mass is 216 g/mol. The van der Waals surface area contributed by atoms with Gasteiger partial charge in [0.1, 0.15) is 12.0 Å². The summed E-state index contributed by atoms with van der Waals surface area (Å²) in [5.41, 5.74) is 1.08. The number of fused-ring (bicyclic) bond motifs is 2. The van der Waals surface area contributed by atoms with Crippen LogP contribution in [0.1, 0.15) is 10.4 Å². The van der Waals surface area contributed by atoms with Crippen LogP contribution in [-0.2, 0) is 9.59 Å². The molecule has 1 aromatic rings. The lowest BCUT2D eigenvalue weighted by Gasteiger charge is -2.24. The number of amides is 2. The fourth-order valence-corrected chi connectivity index (χ4v) is 2.16. The number of nitrogens with one attached hydrogen (secondary N) is 2. The molecule has 5 heteroatoms. The van der Waals surface area contributed by atoms with Crippen molar-refractivity contribution in [2.75, 3.05) is 5.32 Å². The molecule has 2 aliphatic rings. The number of para-hydroxylation sites is 1. The molecule has 3 rings (SSSR count). The molecule has 1 aromatic carbocycles. The third-order valence-corrected chi connectivity index (χ3v) is 2.93. The Balaban J connectivity index is 2.14. The van der Waals surface area contributed by atoms with E-state index in [1.165, 1.54) is 0 Å². The van der Waals surface area contributed by atoms with Crippen molar-refractivity contribution in [3.63, 3.8) is 0 Å². The summed E-state index contributed by atoms with van der Waals surface area (Å²) in [4.78, 5) is 34.9. The van der Waals surface area contributed by atoms with Crippen molar-refractivity contribution in [1.82, 2.24) is 5.32 Å². The van der Waals surface area contributed by atoms with Gasteiger partial charge in [0, 0.05) is 11.3 Å². The van der Waals surface area contributed by atoms with E-state index in [4.69, 9.17) is 0 Å². The minimum Gasteiger partial charge on any atom is -0.372 e. The number of carbonyl (C=O) groups is 3. The van der Waals surface area contributed by atoms with Gasteiger partial charge in [-0.15, -0.1) is 0 Å². The summed E-state index contributed by atoms with van der Waals surface area (Å²) in [5.74, 6) is -2.15. The first kappa shape index (κ1) is 9.08. The molecule has 0 aromatic heterocycles. The van der Waals surface area contributed by atoms with Gasteiger partial charge in [0.05, 0.1) is 0 Å². The standard InChI is InChI=1S/C11H8N2O3/c14-9-5-3-1-2-4-6(5)12-8-7(9)10(15)13-11(8)16/h1-4,7-8,12H,(H,13,15,16). The first-order chi connectivity index (χ1) is 7.68. The van der Waals surface area contributed by atoms with Crippen molar-refractivity contribution in [3.8, 4) is 0 Å². The molecule has 1 fully saturated rings. The van der Waals surface area contributed by atoms with E-state index in [-0.39, 0.29) is 5.78 Å². The first-order valence-corrected chi connectivity index (χ1v) is 4.93. The van der Waals surface area contributed by atoms with Crippen molar-refractivity contribution < 1.29 is 14.4 Å². The van der Waals surface area contributed by atoms with Gasteiger partial charge in [-0.1, -0.05) is 12.1 Å². The molecule has 0 aliphatic carbocycles. The van der Waals surface area contributed by atoms with Crippen molar-refractivity contribution in [2.24, 2.45) is 5.92 Å². The Kier molecular flexibility index (Phi) is 1.65. The van der Waals surface area contributed by atoms with Crippen LogP contribution in [0.3, 0.4) is 0 Å². The van der Waals surface area contributed by atoms with Crippen LogP contribution < -0.4 is 10.6 Å². The fraction of sp³-hybridized carbons (Fsp3) is 0.182. The number of carbonyl (C=O) groups excluding carboxylic acids is 3. The van der Waals surface area contributed by atoms with Crippen LogP contribution in [-0.4, -0.2) is 23.6 Å². The van der Waals surface area contributed by atoms with Crippen LogP contribution in [0.2, 0.25) is 0 Å². The van der Waals surface area contributed by atoms with E-state index in [1.54, 1.807) is 24.3 Å². The molecule has 2 N–H and O–H groups in total. The SMILES string of the molecule is O=C1NC(=O)C2C(=O)c3ccccc3NC12. The maximum Gasteiger partial charge on any atom is 0.250 e. The first-order valence-electron chi connectivity index (χ1n) is 4.93. The zero-order chi connectivity index (χ0) is 11.3. The summed E-state index contributed by atoms with van der Waals surface area (Å²) in [5, 5.41) is 5.08. The Morgan fingerprint density at radius 1 is 1.00 bits per heavy atom. The summed E-state index contributed by atoms with van der Waals surface area (Å²) >= 11 is 0. The molecule has 0 radical (unpaired) electrons. The summed E-state index contributed by atoms with van der Waals surface area (Å²) in [6, 6.07) is 6.12. The zero-order valence-corrected chi connectivity index (χ0v) is 8.19. The molecule has 2 atom stereocenters. The van der Waals surface area contributed by atoms with Crippen molar-refractivity contribution >= 4 is 23.3 Å². The highest BCUT2D eigenvalue weighted by atomic mass is 16.2. The van der Waals surface area contributed by atoms with Gasteiger partial charge in [-0.3, -0.25) is 19.7 Å². The lowest BCUT2D eigenvalue weighted by Crippen LogP contribution is -2.41. The van der Waals surface area contributed by atoms with E-state index < -0.39 is 23.8 Å². The minimum absolute atomic E-state index is 0.289. The third kappa shape index (κ3) is 1.02. The number of ketones is 1. The Labute approximate surface area is 90.8 Å². The molecule has 80 valence electrons. The highest BCUT2D eigenvalue weighted by molar-refractivity contribution is 6.24. The highest BCUT2D eigenvalue weighted by Crippen LogP contribution is 2.30. The molecule has 2 heterocycles. The molecule has 0 spiro atoms. The van der Waals surface area contributed by atoms with Gasteiger partial charge in [-0.05, 0) is 12.1 Å². The average Bonchev–Trinajstić information content (AvgIpc) is 2.55. The maximum atomic E-state index is 12.0. The molecule has 16 heavy (non-hydrogen) atoms. The molecule has 2 amide bonds. The average molecular weight is 216 g/mol. The number of hydrogen-bond acceptors (Lipinski definition) is 4. The van der Waals surface area contributed by atoms with Gasteiger partial charge in [-0.2, -0.15) is 0 Å². The molecular formula is C11H8N2O3. The molecule has 1 saturated heterocycles. The van der Waals surface area contributed by atoms with E-state index in [1.807, 2.05) is 0 Å². The zero-order valence-electron chi connectivity index (χ0n) is 8.19. The summed E-state index contributed by atoms with van der Waals surface area (Å²) in [7, 11) is 0. The highest BCUT2D eigenvalue weighted by Gasteiger charge is 2.49. The topological polar surface area (TPSA) is 75.3 Å².